The van der Waals surface area contributed by atoms with Crippen molar-refractivity contribution in [3.63, 3.8) is 0 Å². The van der Waals surface area contributed by atoms with Crippen LogP contribution in [0.1, 0.15) is 0 Å². The monoisotopic (exact) mass is 667 g/mol. The molecule has 3 nitrogen and oxygen atoms in total. The molecule has 3 heterocycles. The summed E-state index contributed by atoms with van der Waals surface area (Å²) in [7, 11) is 0. The van der Waals surface area contributed by atoms with E-state index in [1.807, 2.05) is 11.3 Å². The zero-order chi connectivity index (χ0) is 33.5. The molecule has 0 bridgehead atoms. The first-order valence-corrected chi connectivity index (χ1v) is 18.1. The average molecular weight is 668 g/mol. The molecule has 3 aromatic heterocycles. The highest BCUT2D eigenvalue weighted by Crippen LogP contribution is 2.48. The zero-order valence-electron chi connectivity index (χ0n) is 27.5. The van der Waals surface area contributed by atoms with Gasteiger partial charge in [0.2, 0.25) is 0 Å². The molecule has 0 N–H and O–H groups in total. The molecule has 0 aliphatic rings. The van der Waals surface area contributed by atoms with Crippen LogP contribution in [0.2, 0.25) is 0 Å². The summed E-state index contributed by atoms with van der Waals surface area (Å²) >= 11 is 1.90. The van der Waals surface area contributed by atoms with Crippen LogP contribution in [0.4, 0.5) is 0 Å². The Morgan fingerprint density at radius 1 is 0.412 bits per heavy atom. The van der Waals surface area contributed by atoms with Crippen LogP contribution < -0.4 is 0 Å². The summed E-state index contributed by atoms with van der Waals surface area (Å²) in [5.74, 6) is 0.934. The Bertz CT molecular complexity index is 3110. The summed E-state index contributed by atoms with van der Waals surface area (Å²) in [4.78, 5) is 5.14. The molecule has 11 rings (SSSR count). The van der Waals surface area contributed by atoms with E-state index in [0.29, 0.717) is 0 Å². The van der Waals surface area contributed by atoms with E-state index in [-0.39, 0.29) is 0 Å². The lowest BCUT2D eigenvalue weighted by Gasteiger charge is -2.12. The zero-order valence-corrected chi connectivity index (χ0v) is 28.3. The van der Waals surface area contributed by atoms with Crippen molar-refractivity contribution in [1.82, 2.24) is 14.1 Å². The normalized spacial score (nSPS) is 11.9. The highest BCUT2D eigenvalue weighted by Gasteiger charge is 2.22. The Balaban J connectivity index is 1.19. The number of fused-ring (bicyclic) bond motifs is 11. The first kappa shape index (κ1) is 28.4. The molecule has 8 aromatic carbocycles. The number of benzene rings is 8. The lowest BCUT2D eigenvalue weighted by Crippen LogP contribution is -1.98. The van der Waals surface area contributed by atoms with Crippen LogP contribution in [-0.4, -0.2) is 14.1 Å². The second-order valence-electron chi connectivity index (χ2n) is 13.1. The fourth-order valence-electron chi connectivity index (χ4n) is 8.07. The van der Waals surface area contributed by atoms with E-state index in [2.05, 4.69) is 185 Å². The number of hydrogen-bond acceptors (Lipinski definition) is 2. The van der Waals surface area contributed by atoms with Crippen LogP contribution in [0.5, 0.6) is 0 Å². The van der Waals surface area contributed by atoms with Gasteiger partial charge in [-0.3, -0.25) is 4.57 Å². The van der Waals surface area contributed by atoms with Gasteiger partial charge < -0.3 is 4.57 Å². The number of thiophene rings is 1. The van der Waals surface area contributed by atoms with Gasteiger partial charge in [-0.25, -0.2) is 4.98 Å². The summed E-state index contributed by atoms with van der Waals surface area (Å²) in [5.41, 5.74) is 10.3. The van der Waals surface area contributed by atoms with Gasteiger partial charge in [-0.2, -0.15) is 0 Å². The number of rotatable bonds is 4. The van der Waals surface area contributed by atoms with E-state index in [9.17, 15) is 0 Å². The molecule has 0 spiro atoms. The maximum absolute atomic E-state index is 5.14. The predicted octanol–water partition coefficient (Wildman–Crippen LogP) is 13.0. The maximum Gasteiger partial charge on any atom is 0.145 e. The van der Waals surface area contributed by atoms with Gasteiger partial charge in [-0.1, -0.05) is 109 Å². The van der Waals surface area contributed by atoms with E-state index < -0.39 is 0 Å². The van der Waals surface area contributed by atoms with Gasteiger partial charge in [0.15, 0.2) is 0 Å². The van der Waals surface area contributed by atoms with Crippen molar-refractivity contribution in [2.45, 2.75) is 0 Å². The molecule has 0 unspecified atom stereocenters. The third-order valence-electron chi connectivity index (χ3n) is 10.3. The first-order valence-electron chi connectivity index (χ1n) is 17.3. The second kappa shape index (κ2) is 11.0. The van der Waals surface area contributed by atoms with Crippen molar-refractivity contribution in [3.05, 3.63) is 176 Å². The highest BCUT2D eigenvalue weighted by atomic mass is 32.1. The number of imidazole rings is 1. The Kier molecular flexibility index (Phi) is 6.12. The van der Waals surface area contributed by atoms with Gasteiger partial charge in [0.05, 0.1) is 26.8 Å². The van der Waals surface area contributed by atoms with Crippen LogP contribution in [0.3, 0.4) is 0 Å². The third-order valence-corrected chi connectivity index (χ3v) is 11.5. The van der Waals surface area contributed by atoms with E-state index in [1.165, 1.54) is 63.9 Å². The third kappa shape index (κ3) is 4.21. The van der Waals surface area contributed by atoms with Crippen LogP contribution in [0.15, 0.2) is 176 Å². The summed E-state index contributed by atoms with van der Waals surface area (Å²) in [6.45, 7) is 0. The van der Waals surface area contributed by atoms with Crippen molar-refractivity contribution in [2.75, 3.05) is 0 Å². The van der Waals surface area contributed by atoms with Gasteiger partial charge >= 0.3 is 0 Å². The quantitative estimate of drug-likeness (QED) is 0.183. The minimum atomic E-state index is 0.934. The van der Waals surface area contributed by atoms with Gasteiger partial charge in [0.25, 0.3) is 0 Å². The molecule has 0 radical (unpaired) electrons. The number of nitrogens with zero attached hydrogens (tertiary/aromatic N) is 3. The second-order valence-corrected chi connectivity index (χ2v) is 14.2. The number of aromatic nitrogens is 3. The average Bonchev–Trinajstić information content (AvgIpc) is 3.89. The molecular formula is C47H29N3S. The minimum absolute atomic E-state index is 0.934. The summed E-state index contributed by atoms with van der Waals surface area (Å²) < 4.78 is 7.36. The van der Waals surface area contributed by atoms with Crippen LogP contribution in [-0.2, 0) is 0 Å². The van der Waals surface area contributed by atoms with Crippen LogP contribution in [0, 0.1) is 0 Å². The van der Waals surface area contributed by atoms with Crippen molar-refractivity contribution < 1.29 is 0 Å². The largest absolute Gasteiger partial charge is 0.308 e. The topological polar surface area (TPSA) is 22.8 Å². The molecule has 4 heteroatoms. The molecule has 0 saturated carbocycles. The molecular weight excluding hydrogens is 639 g/mol. The standard InChI is InChI=1S/C47H29N3S/c1-3-13-30(14-4-1)32-25-28-42-38(29-32)44-36-18-8-7-17-35(36)43-37-19-9-11-21-40(37)49(45(43)46(44)51-42)34-26-23-31(24-27-34)47-48-39-20-10-12-22-41(39)50(47)33-15-5-2-6-16-33/h1-29H. The van der Waals surface area contributed by atoms with Crippen molar-refractivity contribution in [2.24, 2.45) is 0 Å². The van der Waals surface area contributed by atoms with Crippen LogP contribution >= 0.6 is 11.3 Å². The molecule has 0 atom stereocenters. The lowest BCUT2D eigenvalue weighted by molar-refractivity contribution is 1.10. The number of para-hydroxylation sites is 4. The summed E-state index contributed by atoms with van der Waals surface area (Å²) in [6, 6.07) is 63.4. The Labute approximate surface area is 297 Å². The molecule has 11 aromatic rings. The minimum Gasteiger partial charge on any atom is -0.308 e. The van der Waals surface area contributed by atoms with Gasteiger partial charge in [0, 0.05) is 43.2 Å². The van der Waals surface area contributed by atoms with Gasteiger partial charge in [0.1, 0.15) is 5.82 Å². The molecule has 0 amide bonds. The molecule has 0 aliphatic carbocycles. The molecule has 0 fully saturated rings. The Hall–Kier alpha value is -6.49. The van der Waals surface area contributed by atoms with Crippen molar-refractivity contribution in [1.29, 1.82) is 0 Å². The fraction of sp³-hybridized carbons (Fsp3) is 0. The molecule has 51 heavy (non-hydrogen) atoms. The first-order chi connectivity index (χ1) is 25.3. The smallest absolute Gasteiger partial charge is 0.145 e. The summed E-state index contributed by atoms with van der Waals surface area (Å²) in [6.07, 6.45) is 0. The van der Waals surface area contributed by atoms with E-state index in [0.717, 1.165) is 33.8 Å². The Morgan fingerprint density at radius 2 is 1.02 bits per heavy atom. The van der Waals surface area contributed by atoms with E-state index in [1.54, 1.807) is 0 Å². The SMILES string of the molecule is c1ccc(-c2ccc3sc4c(c3c2)c2ccccc2c2c3ccccc3n(-c3ccc(-c5nc6ccccc6n5-c5ccccc5)cc3)c42)cc1. The summed E-state index contributed by atoms with van der Waals surface area (Å²) in [5, 5.41) is 7.79. The Morgan fingerprint density at radius 3 is 1.80 bits per heavy atom. The number of hydrogen-bond donors (Lipinski definition) is 0. The maximum atomic E-state index is 5.14. The van der Waals surface area contributed by atoms with Gasteiger partial charge in [-0.15, -0.1) is 11.3 Å². The van der Waals surface area contributed by atoms with Crippen molar-refractivity contribution in [3.8, 4) is 33.9 Å². The predicted molar refractivity (Wildman–Crippen MR) is 217 cm³/mol. The highest BCUT2D eigenvalue weighted by molar-refractivity contribution is 7.27. The van der Waals surface area contributed by atoms with Crippen LogP contribution in [0.25, 0.3) is 97.7 Å². The molecule has 0 saturated heterocycles. The van der Waals surface area contributed by atoms with Gasteiger partial charge in [-0.05, 0) is 88.6 Å². The lowest BCUT2D eigenvalue weighted by atomic mass is 9.97. The van der Waals surface area contributed by atoms with E-state index in [4.69, 9.17) is 4.98 Å². The fourth-order valence-corrected chi connectivity index (χ4v) is 9.31. The molecule has 0 aliphatic heterocycles. The van der Waals surface area contributed by atoms with E-state index >= 15 is 0 Å². The molecule has 238 valence electrons. The van der Waals surface area contributed by atoms with Crippen molar-refractivity contribution >= 4 is 75.1 Å².